The lowest BCUT2D eigenvalue weighted by Gasteiger charge is -2.20. The Labute approximate surface area is 50.2 Å². The summed E-state index contributed by atoms with van der Waals surface area (Å²) >= 11 is 0. The summed E-state index contributed by atoms with van der Waals surface area (Å²) < 4.78 is 5.20. The van der Waals surface area contributed by atoms with Crippen LogP contribution in [0, 0.1) is 7.05 Å². The van der Waals surface area contributed by atoms with Crippen LogP contribution in [0.4, 0.5) is 0 Å². The van der Waals surface area contributed by atoms with Gasteiger partial charge in [0.05, 0.1) is 12.6 Å². The van der Waals surface area contributed by atoms with E-state index in [9.17, 15) is 0 Å². The second-order valence-electron chi connectivity index (χ2n) is 2.21. The van der Waals surface area contributed by atoms with Gasteiger partial charge in [-0.1, -0.05) is 0 Å². The molecule has 1 aliphatic rings. The first-order chi connectivity index (χ1) is 3.93. The van der Waals surface area contributed by atoms with Gasteiger partial charge in [-0.05, 0) is 6.42 Å². The molecule has 1 aliphatic heterocycles. The molecular weight excluding hydrogens is 102 g/mol. The normalized spacial score (nSPS) is 30.4. The number of hydrogen-bond acceptors (Lipinski definition) is 1. The van der Waals surface area contributed by atoms with Gasteiger partial charge in [0.15, 0.2) is 0 Å². The lowest BCUT2D eigenvalue weighted by molar-refractivity contribution is -0.639. The fraction of sp³-hybridized carbons (Fsp3) is 0.833. The van der Waals surface area contributed by atoms with Crippen LogP contribution in [0.2, 0.25) is 0 Å². The van der Waals surface area contributed by atoms with E-state index in [1.54, 1.807) is 0 Å². The van der Waals surface area contributed by atoms with Gasteiger partial charge < -0.3 is 10.1 Å². The van der Waals surface area contributed by atoms with Crippen LogP contribution in [0.5, 0.6) is 0 Å². The van der Waals surface area contributed by atoms with Crippen molar-refractivity contribution in [2.75, 3.05) is 13.2 Å². The molecule has 0 spiro atoms. The van der Waals surface area contributed by atoms with Crippen molar-refractivity contribution < 1.29 is 10.1 Å². The van der Waals surface area contributed by atoms with E-state index in [0.29, 0.717) is 6.04 Å². The van der Waals surface area contributed by atoms with Crippen LogP contribution in [0.25, 0.3) is 0 Å². The van der Waals surface area contributed by atoms with Crippen molar-refractivity contribution in [1.82, 2.24) is 0 Å². The van der Waals surface area contributed by atoms with Crippen molar-refractivity contribution >= 4 is 0 Å². The summed E-state index contributed by atoms with van der Waals surface area (Å²) in [6, 6.07) is 0.628. The van der Waals surface area contributed by atoms with E-state index in [1.165, 1.54) is 12.8 Å². The summed E-state index contributed by atoms with van der Waals surface area (Å²) in [5.74, 6) is 0. The van der Waals surface area contributed by atoms with Crippen LogP contribution >= 0.6 is 0 Å². The first-order valence-corrected chi connectivity index (χ1v) is 3.14. The van der Waals surface area contributed by atoms with Crippen molar-refractivity contribution in [2.24, 2.45) is 0 Å². The number of hydrogen-bond donors (Lipinski definition) is 1. The van der Waals surface area contributed by atoms with Gasteiger partial charge >= 0.3 is 0 Å². The zero-order chi connectivity index (χ0) is 5.82. The van der Waals surface area contributed by atoms with Crippen LogP contribution in [0.15, 0.2) is 0 Å². The van der Waals surface area contributed by atoms with E-state index in [4.69, 9.17) is 4.74 Å². The van der Waals surface area contributed by atoms with E-state index in [1.807, 2.05) is 5.32 Å². The molecule has 0 aromatic heterocycles. The van der Waals surface area contributed by atoms with Gasteiger partial charge in [0.2, 0.25) is 0 Å². The van der Waals surface area contributed by atoms with Gasteiger partial charge in [-0.3, -0.25) is 0 Å². The van der Waals surface area contributed by atoms with Crippen molar-refractivity contribution in [3.05, 3.63) is 7.05 Å². The third-order valence-corrected chi connectivity index (χ3v) is 1.53. The highest BCUT2D eigenvalue weighted by molar-refractivity contribution is 4.57. The SMILES string of the molecule is [CH2-][NH2+]C1CCCOC1. The summed E-state index contributed by atoms with van der Waals surface area (Å²) in [5, 5.41) is 1.99. The zero-order valence-corrected chi connectivity index (χ0v) is 5.10. The summed E-state index contributed by atoms with van der Waals surface area (Å²) in [6.45, 7) is 1.84. The van der Waals surface area contributed by atoms with E-state index in [2.05, 4.69) is 7.05 Å². The van der Waals surface area contributed by atoms with Crippen molar-refractivity contribution in [3.8, 4) is 0 Å². The molecule has 0 bridgehead atoms. The van der Waals surface area contributed by atoms with Crippen LogP contribution in [-0.4, -0.2) is 19.3 Å². The molecular formula is C6H13NO. The molecule has 0 aromatic rings. The molecule has 0 aliphatic carbocycles. The van der Waals surface area contributed by atoms with Gasteiger partial charge in [0, 0.05) is 13.0 Å². The maximum Gasteiger partial charge on any atom is 0.0962 e. The third kappa shape index (κ3) is 1.46. The molecule has 1 unspecified atom stereocenters. The predicted molar refractivity (Wildman–Crippen MR) is 31.1 cm³/mol. The molecule has 1 fully saturated rings. The van der Waals surface area contributed by atoms with Gasteiger partial charge in [-0.15, -0.1) is 0 Å². The molecule has 1 atom stereocenters. The van der Waals surface area contributed by atoms with E-state index < -0.39 is 0 Å². The van der Waals surface area contributed by atoms with Gasteiger partial charge in [0.1, 0.15) is 0 Å². The molecule has 2 nitrogen and oxygen atoms in total. The Morgan fingerprint density at radius 2 is 2.50 bits per heavy atom. The zero-order valence-electron chi connectivity index (χ0n) is 5.10. The van der Waals surface area contributed by atoms with Crippen molar-refractivity contribution in [3.63, 3.8) is 0 Å². The standard InChI is InChI=1S/C6H13NO/c1-7-6-3-2-4-8-5-6/h6H,1-5,7H2. The summed E-state index contributed by atoms with van der Waals surface area (Å²) in [6.07, 6.45) is 2.47. The number of ether oxygens (including phenoxy) is 1. The van der Waals surface area contributed by atoms with E-state index >= 15 is 0 Å². The molecule has 0 radical (unpaired) electrons. The predicted octanol–water partition coefficient (Wildman–Crippen LogP) is -0.480. The van der Waals surface area contributed by atoms with Crippen LogP contribution in [-0.2, 0) is 4.74 Å². The summed E-state index contributed by atoms with van der Waals surface area (Å²) in [5.41, 5.74) is 0. The number of quaternary nitrogens is 1. The first-order valence-electron chi connectivity index (χ1n) is 3.14. The molecule has 2 heteroatoms. The van der Waals surface area contributed by atoms with Gasteiger partial charge in [0.25, 0.3) is 0 Å². The maximum absolute atomic E-state index is 5.20. The van der Waals surface area contributed by atoms with Crippen LogP contribution < -0.4 is 5.32 Å². The number of nitrogens with two attached hydrogens (primary N) is 1. The second-order valence-corrected chi connectivity index (χ2v) is 2.21. The lowest BCUT2D eigenvalue weighted by Crippen LogP contribution is -2.85. The van der Waals surface area contributed by atoms with Crippen LogP contribution in [0.1, 0.15) is 12.8 Å². The molecule has 1 heterocycles. The largest absolute Gasteiger partial charge is 0.474 e. The fourth-order valence-corrected chi connectivity index (χ4v) is 0.952. The Bertz CT molecular complexity index is 59.5. The Morgan fingerprint density at radius 1 is 1.62 bits per heavy atom. The summed E-state index contributed by atoms with van der Waals surface area (Å²) in [7, 11) is 3.70. The minimum absolute atomic E-state index is 0.628. The monoisotopic (exact) mass is 115 g/mol. The quantitative estimate of drug-likeness (QED) is 0.459. The molecule has 1 saturated heterocycles. The Hall–Kier alpha value is -0.0800. The maximum atomic E-state index is 5.20. The molecule has 0 saturated carbocycles. The summed E-state index contributed by atoms with van der Waals surface area (Å²) in [4.78, 5) is 0. The minimum atomic E-state index is 0.628. The highest BCUT2D eigenvalue weighted by Gasteiger charge is 2.11. The third-order valence-electron chi connectivity index (χ3n) is 1.53. The lowest BCUT2D eigenvalue weighted by atomic mass is 10.1. The van der Waals surface area contributed by atoms with Crippen molar-refractivity contribution in [2.45, 2.75) is 18.9 Å². The van der Waals surface area contributed by atoms with E-state index in [-0.39, 0.29) is 0 Å². The fourth-order valence-electron chi connectivity index (χ4n) is 0.952. The Morgan fingerprint density at radius 3 is 2.88 bits per heavy atom. The number of rotatable bonds is 1. The first kappa shape index (κ1) is 6.05. The average molecular weight is 115 g/mol. The van der Waals surface area contributed by atoms with Crippen molar-refractivity contribution in [1.29, 1.82) is 0 Å². The highest BCUT2D eigenvalue weighted by Crippen LogP contribution is 2.00. The Balaban J connectivity index is 2.13. The molecule has 2 N–H and O–H groups in total. The Kier molecular flexibility index (Phi) is 2.30. The van der Waals surface area contributed by atoms with E-state index in [0.717, 1.165) is 13.2 Å². The minimum Gasteiger partial charge on any atom is -0.474 e. The molecule has 0 aromatic carbocycles. The molecule has 1 rings (SSSR count). The topological polar surface area (TPSA) is 25.8 Å². The smallest absolute Gasteiger partial charge is 0.0962 e. The van der Waals surface area contributed by atoms with Gasteiger partial charge in [-0.2, -0.15) is 7.05 Å². The molecule has 48 valence electrons. The second kappa shape index (κ2) is 3.05. The molecule has 0 amide bonds. The van der Waals surface area contributed by atoms with Crippen LogP contribution in [0.3, 0.4) is 0 Å². The highest BCUT2D eigenvalue weighted by atomic mass is 16.5. The molecule has 8 heavy (non-hydrogen) atoms. The average Bonchev–Trinajstić information content (AvgIpc) is 1.90. The van der Waals surface area contributed by atoms with Gasteiger partial charge in [-0.25, -0.2) is 0 Å².